The third-order valence-corrected chi connectivity index (χ3v) is 4.29. The van der Waals surface area contributed by atoms with E-state index in [4.69, 9.17) is 14.2 Å². The molecule has 0 unspecified atom stereocenters. The van der Waals surface area contributed by atoms with E-state index in [1.165, 1.54) is 0 Å². The fraction of sp³-hybridized carbons (Fsp3) is 0.421. The summed E-state index contributed by atoms with van der Waals surface area (Å²) in [5, 5.41) is 2.25. The van der Waals surface area contributed by atoms with Crippen molar-refractivity contribution in [2.24, 2.45) is 0 Å². The van der Waals surface area contributed by atoms with Gasteiger partial charge in [-0.15, -0.1) is 0 Å². The van der Waals surface area contributed by atoms with Crippen LogP contribution in [0.4, 0.5) is 4.79 Å². The van der Waals surface area contributed by atoms with Gasteiger partial charge in [0.05, 0.1) is 13.7 Å². The van der Waals surface area contributed by atoms with Crippen molar-refractivity contribution in [2.45, 2.75) is 25.9 Å². The van der Waals surface area contributed by atoms with Gasteiger partial charge in [-0.2, -0.15) is 0 Å². The van der Waals surface area contributed by atoms with Gasteiger partial charge in [0.25, 0.3) is 0 Å². The van der Waals surface area contributed by atoms with Crippen molar-refractivity contribution < 1.29 is 19.0 Å². The Morgan fingerprint density at radius 1 is 1.08 bits per heavy atom. The molecule has 3 rings (SSSR count). The van der Waals surface area contributed by atoms with Gasteiger partial charge in [0.15, 0.2) is 0 Å². The lowest BCUT2D eigenvalue weighted by Crippen LogP contribution is -2.42. The Hall–Kier alpha value is -2.43. The highest BCUT2D eigenvalue weighted by atomic mass is 16.6. The first-order valence-electron chi connectivity index (χ1n) is 8.35. The summed E-state index contributed by atoms with van der Waals surface area (Å²) in [4.78, 5) is 13.5. The zero-order valence-corrected chi connectivity index (χ0v) is 14.2. The third-order valence-electron chi connectivity index (χ3n) is 4.29. The summed E-state index contributed by atoms with van der Waals surface area (Å²) in [5.74, 6) is 1.69. The number of hydrogen-bond donors (Lipinski definition) is 0. The molecule has 1 heterocycles. The zero-order valence-electron chi connectivity index (χ0n) is 14.2. The lowest BCUT2D eigenvalue weighted by Gasteiger charge is -2.31. The van der Waals surface area contributed by atoms with Gasteiger partial charge in [-0.1, -0.05) is 12.1 Å². The number of methoxy groups -OCH3 is 1. The molecule has 1 aliphatic rings. The smallest absolute Gasteiger partial charge is 0.409 e. The van der Waals surface area contributed by atoms with E-state index >= 15 is 0 Å². The number of carbonyl (C=O) groups is 1. The third kappa shape index (κ3) is 3.72. The van der Waals surface area contributed by atoms with E-state index in [1.807, 2.05) is 37.3 Å². The summed E-state index contributed by atoms with van der Waals surface area (Å²) in [7, 11) is 1.67. The number of amides is 1. The number of ether oxygens (including phenoxy) is 3. The van der Waals surface area contributed by atoms with Crippen LogP contribution in [-0.2, 0) is 4.74 Å². The minimum Gasteiger partial charge on any atom is -0.497 e. The monoisotopic (exact) mass is 329 g/mol. The van der Waals surface area contributed by atoms with Crippen molar-refractivity contribution in [1.82, 2.24) is 4.90 Å². The van der Waals surface area contributed by atoms with Crippen LogP contribution >= 0.6 is 0 Å². The van der Waals surface area contributed by atoms with Gasteiger partial charge in [0.1, 0.15) is 17.6 Å². The van der Waals surface area contributed by atoms with Gasteiger partial charge in [0, 0.05) is 25.9 Å². The van der Waals surface area contributed by atoms with Crippen molar-refractivity contribution in [3.63, 3.8) is 0 Å². The van der Waals surface area contributed by atoms with Gasteiger partial charge in [0.2, 0.25) is 0 Å². The number of likely N-dealkylation sites (tertiary alicyclic amines) is 1. The lowest BCUT2D eigenvalue weighted by atomic mass is 10.1. The van der Waals surface area contributed by atoms with Gasteiger partial charge < -0.3 is 19.1 Å². The molecule has 1 aliphatic heterocycles. The number of fused-ring (bicyclic) bond motifs is 1. The van der Waals surface area contributed by atoms with Crippen molar-refractivity contribution in [1.29, 1.82) is 0 Å². The van der Waals surface area contributed by atoms with Gasteiger partial charge in [-0.3, -0.25) is 0 Å². The Morgan fingerprint density at radius 3 is 2.42 bits per heavy atom. The van der Waals surface area contributed by atoms with Crippen LogP contribution in [0.5, 0.6) is 11.5 Å². The van der Waals surface area contributed by atoms with Crippen molar-refractivity contribution >= 4 is 16.9 Å². The standard InChI is InChI=1S/C19H23NO4/c1-3-23-19(21)20-10-8-16(9-11-20)24-18-7-5-14-4-6-17(22-2)12-15(14)13-18/h4-7,12-13,16H,3,8-11H2,1-2H3. The molecule has 0 aliphatic carbocycles. The molecule has 1 amide bonds. The fourth-order valence-corrected chi connectivity index (χ4v) is 2.97. The highest BCUT2D eigenvalue weighted by Gasteiger charge is 2.24. The fourth-order valence-electron chi connectivity index (χ4n) is 2.97. The Balaban J connectivity index is 1.62. The van der Waals surface area contributed by atoms with Crippen LogP contribution in [0, 0.1) is 0 Å². The molecule has 24 heavy (non-hydrogen) atoms. The number of nitrogens with zero attached hydrogens (tertiary/aromatic N) is 1. The molecule has 0 bridgehead atoms. The van der Waals surface area contributed by atoms with Crippen LogP contribution in [0.15, 0.2) is 36.4 Å². The maximum Gasteiger partial charge on any atom is 0.409 e. The van der Waals surface area contributed by atoms with Crippen molar-refractivity contribution in [3.8, 4) is 11.5 Å². The summed E-state index contributed by atoms with van der Waals surface area (Å²) in [6.45, 7) is 3.58. The Kier molecular flexibility index (Phi) is 5.08. The van der Waals surface area contributed by atoms with Crippen molar-refractivity contribution in [2.75, 3.05) is 26.8 Å². The molecular weight excluding hydrogens is 306 g/mol. The van der Waals surface area contributed by atoms with Crippen LogP contribution in [0.1, 0.15) is 19.8 Å². The van der Waals surface area contributed by atoms with E-state index in [2.05, 4.69) is 6.07 Å². The zero-order chi connectivity index (χ0) is 16.9. The van der Waals surface area contributed by atoms with Crippen LogP contribution in [0.2, 0.25) is 0 Å². The first kappa shape index (κ1) is 16.4. The molecule has 2 aromatic carbocycles. The largest absolute Gasteiger partial charge is 0.497 e. The molecular formula is C19H23NO4. The van der Waals surface area contributed by atoms with E-state index in [0.717, 1.165) is 35.1 Å². The normalized spacial score (nSPS) is 15.3. The first-order valence-corrected chi connectivity index (χ1v) is 8.35. The molecule has 0 radical (unpaired) electrons. The molecule has 0 saturated carbocycles. The highest BCUT2D eigenvalue weighted by molar-refractivity contribution is 5.85. The molecule has 0 aromatic heterocycles. The topological polar surface area (TPSA) is 48.0 Å². The average Bonchev–Trinajstić information content (AvgIpc) is 2.62. The van der Waals surface area contributed by atoms with E-state index in [-0.39, 0.29) is 12.2 Å². The second kappa shape index (κ2) is 7.43. The van der Waals surface area contributed by atoms with E-state index < -0.39 is 0 Å². The number of hydrogen-bond acceptors (Lipinski definition) is 4. The summed E-state index contributed by atoms with van der Waals surface area (Å²) in [6.07, 6.45) is 1.52. The molecule has 5 nitrogen and oxygen atoms in total. The minimum atomic E-state index is -0.228. The van der Waals surface area contributed by atoms with Gasteiger partial charge in [-0.25, -0.2) is 4.79 Å². The van der Waals surface area contributed by atoms with Crippen LogP contribution in [0.3, 0.4) is 0 Å². The number of benzene rings is 2. The second-order valence-corrected chi connectivity index (χ2v) is 5.88. The SMILES string of the molecule is CCOC(=O)N1CCC(Oc2ccc3ccc(OC)cc3c2)CC1. The van der Waals surface area contributed by atoms with E-state index in [9.17, 15) is 4.79 Å². The molecule has 1 fully saturated rings. The number of carbonyl (C=O) groups excluding carboxylic acids is 1. The van der Waals surface area contributed by atoms with Crippen LogP contribution < -0.4 is 9.47 Å². The van der Waals surface area contributed by atoms with Gasteiger partial charge >= 0.3 is 6.09 Å². The lowest BCUT2D eigenvalue weighted by molar-refractivity contribution is 0.0704. The molecule has 1 saturated heterocycles. The summed E-state index contributed by atoms with van der Waals surface area (Å²) >= 11 is 0. The molecule has 0 atom stereocenters. The molecule has 0 N–H and O–H groups in total. The molecule has 128 valence electrons. The Labute approximate surface area is 142 Å². The van der Waals surface area contributed by atoms with E-state index in [0.29, 0.717) is 19.7 Å². The predicted octanol–water partition coefficient (Wildman–Crippen LogP) is 3.85. The summed E-state index contributed by atoms with van der Waals surface area (Å²) in [5.41, 5.74) is 0. The summed E-state index contributed by atoms with van der Waals surface area (Å²) in [6, 6.07) is 12.1. The predicted molar refractivity (Wildman–Crippen MR) is 92.7 cm³/mol. The number of piperidine rings is 1. The molecule has 2 aromatic rings. The maximum atomic E-state index is 11.7. The highest BCUT2D eigenvalue weighted by Crippen LogP contribution is 2.27. The maximum absolute atomic E-state index is 11.7. The van der Waals surface area contributed by atoms with Crippen LogP contribution in [0.25, 0.3) is 10.8 Å². The molecule has 5 heteroatoms. The Bertz CT molecular complexity index is 708. The quantitative estimate of drug-likeness (QED) is 0.855. The second-order valence-electron chi connectivity index (χ2n) is 5.88. The van der Waals surface area contributed by atoms with Crippen LogP contribution in [-0.4, -0.2) is 43.9 Å². The van der Waals surface area contributed by atoms with Gasteiger partial charge in [-0.05, 0) is 42.0 Å². The minimum absolute atomic E-state index is 0.124. The first-order chi connectivity index (χ1) is 11.7. The Morgan fingerprint density at radius 2 is 1.75 bits per heavy atom. The van der Waals surface area contributed by atoms with E-state index in [1.54, 1.807) is 12.0 Å². The molecule has 0 spiro atoms. The number of rotatable bonds is 4. The average molecular weight is 329 g/mol. The van der Waals surface area contributed by atoms with Crippen molar-refractivity contribution in [3.05, 3.63) is 36.4 Å². The summed E-state index contributed by atoms with van der Waals surface area (Å²) < 4.78 is 16.4.